The Kier molecular flexibility index (Phi) is 4.65. The van der Waals surface area contributed by atoms with Gasteiger partial charge in [-0.25, -0.2) is 0 Å². The quantitative estimate of drug-likeness (QED) is 0.752. The number of allylic oxidation sites excluding steroid dienone is 2. The fourth-order valence-electron chi connectivity index (χ4n) is 4.40. The molecule has 1 aliphatic heterocycles. The summed E-state index contributed by atoms with van der Waals surface area (Å²) in [5, 5.41) is 2.17. The molecule has 138 valence electrons. The number of esters is 1. The highest BCUT2D eigenvalue weighted by Crippen LogP contribution is 2.45. The van der Waals surface area contributed by atoms with Crippen molar-refractivity contribution in [1.29, 1.82) is 0 Å². The molecule has 4 nitrogen and oxygen atoms in total. The van der Waals surface area contributed by atoms with Gasteiger partial charge in [-0.2, -0.15) is 0 Å². The largest absolute Gasteiger partial charge is 0.465 e. The summed E-state index contributed by atoms with van der Waals surface area (Å²) in [7, 11) is 0. The van der Waals surface area contributed by atoms with Crippen LogP contribution in [0, 0.1) is 5.92 Å². The fraction of sp³-hybridized carbons (Fsp3) is 0.348. The Balaban J connectivity index is 1.96. The first kappa shape index (κ1) is 17.7. The molecule has 0 saturated carbocycles. The van der Waals surface area contributed by atoms with Crippen molar-refractivity contribution >= 4 is 28.2 Å². The molecule has 2 aliphatic rings. The molecule has 1 heterocycles. The Bertz CT molecular complexity index is 981. The highest BCUT2D eigenvalue weighted by atomic mass is 16.5. The second-order valence-electron chi connectivity index (χ2n) is 7.17. The predicted molar refractivity (Wildman–Crippen MR) is 106 cm³/mol. The van der Waals surface area contributed by atoms with E-state index in [2.05, 4.69) is 23.2 Å². The van der Waals surface area contributed by atoms with Crippen molar-refractivity contribution in [3.63, 3.8) is 0 Å². The van der Waals surface area contributed by atoms with Crippen molar-refractivity contribution in [3.8, 4) is 0 Å². The summed E-state index contributed by atoms with van der Waals surface area (Å²) in [4.78, 5) is 30.4. The molecule has 0 amide bonds. The van der Waals surface area contributed by atoms with Gasteiger partial charge in [-0.1, -0.05) is 42.5 Å². The Morgan fingerprint density at radius 1 is 1.15 bits per heavy atom. The number of ketones is 1. The molecule has 0 spiro atoms. The summed E-state index contributed by atoms with van der Waals surface area (Å²) in [6.07, 6.45) is 2.13. The zero-order valence-corrected chi connectivity index (χ0v) is 15.7. The molecular weight excluding hydrogens is 338 g/mol. The minimum Gasteiger partial charge on any atom is -0.465 e. The lowest BCUT2D eigenvalue weighted by atomic mass is 9.71. The van der Waals surface area contributed by atoms with Crippen LogP contribution in [0.1, 0.15) is 44.6 Å². The first-order valence-corrected chi connectivity index (χ1v) is 9.57. The zero-order valence-electron chi connectivity index (χ0n) is 15.7. The normalized spacial score (nSPS) is 22.4. The van der Waals surface area contributed by atoms with Crippen LogP contribution < -0.4 is 0 Å². The maximum Gasteiger partial charge on any atom is 0.315 e. The van der Waals surface area contributed by atoms with Crippen molar-refractivity contribution in [2.45, 2.75) is 39.0 Å². The first-order chi connectivity index (χ1) is 13.1. The number of hydrogen-bond donors (Lipinski definition) is 0. The number of rotatable bonds is 3. The van der Waals surface area contributed by atoms with Gasteiger partial charge in [0, 0.05) is 29.3 Å². The maximum absolute atomic E-state index is 12.9. The van der Waals surface area contributed by atoms with Gasteiger partial charge in [-0.15, -0.1) is 0 Å². The van der Waals surface area contributed by atoms with Gasteiger partial charge < -0.3 is 4.74 Å². The van der Waals surface area contributed by atoms with E-state index in [0.717, 1.165) is 40.6 Å². The Hall–Kier alpha value is -2.75. The van der Waals surface area contributed by atoms with Crippen LogP contribution in [0.15, 0.2) is 58.7 Å². The number of aliphatic imine (C=N–C) groups is 1. The number of hydrogen-bond acceptors (Lipinski definition) is 4. The summed E-state index contributed by atoms with van der Waals surface area (Å²) < 4.78 is 5.38. The highest BCUT2D eigenvalue weighted by molar-refractivity contribution is 6.09. The van der Waals surface area contributed by atoms with Gasteiger partial charge in [-0.05, 0) is 43.0 Å². The number of nitrogens with zero attached hydrogens (tertiary/aromatic N) is 1. The molecule has 4 rings (SSSR count). The summed E-state index contributed by atoms with van der Waals surface area (Å²) in [5.41, 5.74) is 3.30. The molecular formula is C23H23NO3. The van der Waals surface area contributed by atoms with Crippen molar-refractivity contribution in [2.24, 2.45) is 10.9 Å². The van der Waals surface area contributed by atoms with Crippen molar-refractivity contribution < 1.29 is 14.3 Å². The number of fused-ring (bicyclic) bond motifs is 1. The van der Waals surface area contributed by atoms with Crippen molar-refractivity contribution in [3.05, 3.63) is 59.3 Å². The Labute approximate surface area is 158 Å². The fourth-order valence-corrected chi connectivity index (χ4v) is 4.40. The molecule has 0 saturated heterocycles. The van der Waals surface area contributed by atoms with Crippen LogP contribution in [0.25, 0.3) is 10.8 Å². The average Bonchev–Trinajstić information content (AvgIpc) is 2.67. The lowest BCUT2D eigenvalue weighted by molar-refractivity contribution is -0.146. The summed E-state index contributed by atoms with van der Waals surface area (Å²) in [6.45, 7) is 3.99. The van der Waals surface area contributed by atoms with E-state index in [9.17, 15) is 9.59 Å². The third-order valence-corrected chi connectivity index (χ3v) is 5.53. The number of Topliss-reactive ketones (excluding diaryl/α,β-unsaturated/α-hetero) is 1. The third kappa shape index (κ3) is 2.99. The van der Waals surface area contributed by atoms with Crippen LogP contribution in [-0.4, -0.2) is 24.1 Å². The second-order valence-corrected chi connectivity index (χ2v) is 7.17. The van der Waals surface area contributed by atoms with Crippen LogP contribution in [0.5, 0.6) is 0 Å². The second kappa shape index (κ2) is 7.10. The monoisotopic (exact) mass is 361 g/mol. The summed E-state index contributed by atoms with van der Waals surface area (Å²) in [5.74, 6) is -1.09. The van der Waals surface area contributed by atoms with Crippen LogP contribution in [-0.2, 0) is 14.3 Å². The molecule has 2 aromatic rings. The number of ether oxygens (including phenoxy) is 1. The summed E-state index contributed by atoms with van der Waals surface area (Å²) in [6, 6.07) is 14.2. The van der Waals surface area contributed by atoms with Crippen molar-refractivity contribution in [2.75, 3.05) is 6.61 Å². The molecule has 4 heteroatoms. The lowest BCUT2D eigenvalue weighted by Crippen LogP contribution is -2.37. The Morgan fingerprint density at radius 3 is 2.74 bits per heavy atom. The van der Waals surface area contributed by atoms with E-state index in [0.29, 0.717) is 18.6 Å². The first-order valence-electron chi connectivity index (χ1n) is 9.57. The van der Waals surface area contributed by atoms with E-state index in [1.54, 1.807) is 6.92 Å². The van der Waals surface area contributed by atoms with Crippen LogP contribution >= 0.6 is 0 Å². The van der Waals surface area contributed by atoms with E-state index in [-0.39, 0.29) is 17.7 Å². The van der Waals surface area contributed by atoms with Crippen LogP contribution in [0.2, 0.25) is 0 Å². The maximum atomic E-state index is 12.9. The molecule has 1 aliphatic carbocycles. The summed E-state index contributed by atoms with van der Waals surface area (Å²) >= 11 is 0. The van der Waals surface area contributed by atoms with Gasteiger partial charge in [0.05, 0.1) is 6.61 Å². The molecule has 1 unspecified atom stereocenters. The predicted octanol–water partition coefficient (Wildman–Crippen LogP) is 4.58. The van der Waals surface area contributed by atoms with Crippen LogP contribution in [0.4, 0.5) is 0 Å². The van der Waals surface area contributed by atoms with E-state index >= 15 is 0 Å². The third-order valence-electron chi connectivity index (χ3n) is 5.53. The average molecular weight is 361 g/mol. The van der Waals surface area contributed by atoms with E-state index in [1.165, 1.54) is 0 Å². The number of carbonyl (C=O) groups is 2. The van der Waals surface area contributed by atoms with E-state index in [4.69, 9.17) is 4.74 Å². The van der Waals surface area contributed by atoms with Gasteiger partial charge in [0.25, 0.3) is 0 Å². The van der Waals surface area contributed by atoms with E-state index < -0.39 is 5.92 Å². The number of carbonyl (C=O) groups excluding carboxylic acids is 2. The molecule has 0 N–H and O–H groups in total. The molecule has 0 fully saturated rings. The SMILES string of the molecule is CCOC(=O)C1C(C)=NC2=C(C(=O)CCC2)[C@@H]1c1cccc2ccccc12. The minimum absolute atomic E-state index is 0.111. The van der Waals surface area contributed by atoms with Gasteiger partial charge in [0.1, 0.15) is 5.92 Å². The molecule has 0 bridgehead atoms. The molecule has 27 heavy (non-hydrogen) atoms. The Morgan fingerprint density at radius 2 is 1.93 bits per heavy atom. The van der Waals surface area contributed by atoms with Gasteiger partial charge in [0.2, 0.25) is 0 Å². The molecule has 0 aromatic heterocycles. The van der Waals surface area contributed by atoms with Gasteiger partial charge >= 0.3 is 5.97 Å². The number of benzene rings is 2. The van der Waals surface area contributed by atoms with Gasteiger partial charge in [-0.3, -0.25) is 14.6 Å². The molecule has 2 atom stereocenters. The minimum atomic E-state index is -0.559. The smallest absolute Gasteiger partial charge is 0.315 e. The molecule has 2 aromatic carbocycles. The van der Waals surface area contributed by atoms with Gasteiger partial charge in [0.15, 0.2) is 5.78 Å². The van der Waals surface area contributed by atoms with Crippen LogP contribution in [0.3, 0.4) is 0 Å². The lowest BCUT2D eigenvalue weighted by Gasteiger charge is -2.35. The topological polar surface area (TPSA) is 55.7 Å². The zero-order chi connectivity index (χ0) is 19.0. The molecule has 0 radical (unpaired) electrons. The van der Waals surface area contributed by atoms with E-state index in [1.807, 2.05) is 31.2 Å². The standard InChI is InChI=1S/C23H23NO3/c1-3-27-23(26)20-14(2)24-18-12-7-13-19(25)22(18)21(20)17-11-6-9-15-8-4-5-10-16(15)17/h4-6,8-11,20-21H,3,7,12-13H2,1-2H3/t20?,21-/m1/s1. The van der Waals surface area contributed by atoms with Crippen molar-refractivity contribution in [1.82, 2.24) is 0 Å². The highest BCUT2D eigenvalue weighted by Gasteiger charge is 2.43.